The van der Waals surface area contributed by atoms with Crippen LogP contribution in [-0.2, 0) is 17.9 Å². The second-order valence-electron chi connectivity index (χ2n) is 4.23. The SMILES string of the molecule is CN(C(=O)NCc1cn(CC(=O)O)nn1)c1cccnc1. The van der Waals surface area contributed by atoms with Crippen LogP contribution >= 0.6 is 0 Å². The Labute approximate surface area is 120 Å². The molecule has 0 bridgehead atoms. The molecule has 0 radical (unpaired) electrons. The molecule has 2 heterocycles. The molecule has 2 aromatic rings. The number of carboxylic acids is 1. The Bertz CT molecular complexity index is 627. The number of rotatable bonds is 5. The first-order valence-electron chi connectivity index (χ1n) is 6.08. The van der Waals surface area contributed by atoms with Crippen molar-refractivity contribution in [2.75, 3.05) is 11.9 Å². The van der Waals surface area contributed by atoms with E-state index in [-0.39, 0.29) is 19.1 Å². The Balaban J connectivity index is 1.89. The number of nitrogens with zero attached hydrogens (tertiary/aromatic N) is 5. The zero-order chi connectivity index (χ0) is 15.2. The van der Waals surface area contributed by atoms with Crippen molar-refractivity contribution in [3.05, 3.63) is 36.4 Å². The van der Waals surface area contributed by atoms with Crippen LogP contribution in [0.15, 0.2) is 30.7 Å². The fourth-order valence-electron chi connectivity index (χ4n) is 1.59. The van der Waals surface area contributed by atoms with Crippen molar-refractivity contribution in [2.45, 2.75) is 13.1 Å². The summed E-state index contributed by atoms with van der Waals surface area (Å²) >= 11 is 0. The molecule has 0 aliphatic rings. The van der Waals surface area contributed by atoms with Crippen LogP contribution in [0.4, 0.5) is 10.5 Å². The monoisotopic (exact) mass is 290 g/mol. The zero-order valence-corrected chi connectivity index (χ0v) is 11.3. The van der Waals surface area contributed by atoms with Gasteiger partial charge in [0.1, 0.15) is 12.2 Å². The summed E-state index contributed by atoms with van der Waals surface area (Å²) in [5, 5.41) is 18.7. The smallest absolute Gasteiger partial charge is 0.325 e. The molecule has 0 spiro atoms. The van der Waals surface area contributed by atoms with Crippen molar-refractivity contribution in [1.29, 1.82) is 0 Å². The summed E-state index contributed by atoms with van der Waals surface area (Å²) in [7, 11) is 1.62. The van der Waals surface area contributed by atoms with Gasteiger partial charge in [-0.1, -0.05) is 5.21 Å². The van der Waals surface area contributed by atoms with Crippen LogP contribution in [0.5, 0.6) is 0 Å². The van der Waals surface area contributed by atoms with Gasteiger partial charge in [0, 0.05) is 13.2 Å². The van der Waals surface area contributed by atoms with Gasteiger partial charge in [-0.3, -0.25) is 14.7 Å². The molecule has 9 heteroatoms. The quantitative estimate of drug-likeness (QED) is 0.807. The Morgan fingerprint density at radius 1 is 1.48 bits per heavy atom. The lowest BCUT2D eigenvalue weighted by molar-refractivity contribution is -0.137. The third-order valence-corrected chi connectivity index (χ3v) is 2.64. The highest BCUT2D eigenvalue weighted by atomic mass is 16.4. The summed E-state index contributed by atoms with van der Waals surface area (Å²) < 4.78 is 1.19. The van der Waals surface area contributed by atoms with Gasteiger partial charge in [-0.25, -0.2) is 9.48 Å². The van der Waals surface area contributed by atoms with Gasteiger partial charge in [0.2, 0.25) is 0 Å². The van der Waals surface area contributed by atoms with E-state index in [1.165, 1.54) is 15.8 Å². The summed E-state index contributed by atoms with van der Waals surface area (Å²) in [6.45, 7) is -0.112. The number of amides is 2. The molecular weight excluding hydrogens is 276 g/mol. The number of aromatic nitrogens is 4. The molecule has 9 nitrogen and oxygen atoms in total. The maximum atomic E-state index is 11.9. The Kier molecular flexibility index (Phi) is 4.44. The van der Waals surface area contributed by atoms with Crippen LogP contribution in [0.3, 0.4) is 0 Å². The summed E-state index contributed by atoms with van der Waals surface area (Å²) in [5.74, 6) is -1.01. The van der Waals surface area contributed by atoms with Gasteiger partial charge in [-0.2, -0.15) is 0 Å². The normalized spacial score (nSPS) is 10.1. The number of hydrogen-bond acceptors (Lipinski definition) is 5. The zero-order valence-electron chi connectivity index (χ0n) is 11.3. The lowest BCUT2D eigenvalue weighted by Gasteiger charge is -2.16. The predicted molar refractivity (Wildman–Crippen MR) is 72.5 cm³/mol. The molecule has 0 saturated heterocycles. The van der Waals surface area contributed by atoms with Gasteiger partial charge in [0.05, 0.1) is 24.6 Å². The largest absolute Gasteiger partial charge is 0.480 e. The summed E-state index contributed by atoms with van der Waals surface area (Å²) in [5.41, 5.74) is 1.13. The van der Waals surface area contributed by atoms with Gasteiger partial charge in [-0.05, 0) is 12.1 Å². The number of anilines is 1. The highest BCUT2D eigenvalue weighted by Gasteiger charge is 2.11. The van der Waals surface area contributed by atoms with E-state index >= 15 is 0 Å². The van der Waals surface area contributed by atoms with Gasteiger partial charge in [0.15, 0.2) is 0 Å². The first-order valence-corrected chi connectivity index (χ1v) is 6.08. The maximum Gasteiger partial charge on any atom is 0.325 e. The van der Waals surface area contributed by atoms with Crippen molar-refractivity contribution in [3.8, 4) is 0 Å². The van der Waals surface area contributed by atoms with Crippen LogP contribution in [0.1, 0.15) is 5.69 Å². The first-order chi connectivity index (χ1) is 10.1. The second kappa shape index (κ2) is 6.46. The molecule has 0 aliphatic heterocycles. The maximum absolute atomic E-state index is 11.9. The van der Waals surface area contributed by atoms with Crippen LogP contribution in [-0.4, -0.2) is 44.1 Å². The van der Waals surface area contributed by atoms with Crippen molar-refractivity contribution in [3.63, 3.8) is 0 Å². The lowest BCUT2D eigenvalue weighted by Crippen LogP contribution is -2.36. The van der Waals surface area contributed by atoms with Crippen molar-refractivity contribution >= 4 is 17.7 Å². The van der Waals surface area contributed by atoms with E-state index in [9.17, 15) is 9.59 Å². The molecule has 0 unspecified atom stereocenters. The number of hydrogen-bond donors (Lipinski definition) is 2. The molecule has 0 aliphatic carbocycles. The van der Waals surface area contributed by atoms with Gasteiger partial charge < -0.3 is 10.4 Å². The molecule has 0 aromatic carbocycles. The number of carbonyl (C=O) groups excluding carboxylic acids is 1. The second-order valence-corrected chi connectivity index (χ2v) is 4.23. The number of pyridine rings is 1. The van der Waals surface area contributed by atoms with Crippen LogP contribution in [0.2, 0.25) is 0 Å². The summed E-state index contributed by atoms with van der Waals surface area (Å²) in [4.78, 5) is 27.8. The topological polar surface area (TPSA) is 113 Å². The van der Waals surface area contributed by atoms with E-state index in [1.807, 2.05) is 0 Å². The summed E-state index contributed by atoms with van der Waals surface area (Å²) in [6.07, 6.45) is 4.66. The van der Waals surface area contributed by atoms with Gasteiger partial charge >= 0.3 is 12.0 Å². The average Bonchev–Trinajstić information content (AvgIpc) is 2.91. The summed E-state index contributed by atoms with van der Waals surface area (Å²) in [6, 6.07) is 3.17. The minimum Gasteiger partial charge on any atom is -0.480 e. The molecule has 0 atom stereocenters. The van der Waals surface area contributed by atoms with Crippen molar-refractivity contribution < 1.29 is 14.7 Å². The standard InChI is InChI=1S/C12H14N6O3/c1-17(10-3-2-4-13-6-10)12(21)14-5-9-7-18(16-15-9)8-11(19)20/h2-4,6-7H,5,8H2,1H3,(H,14,21)(H,19,20). The third-order valence-electron chi connectivity index (χ3n) is 2.64. The van der Waals surface area contributed by atoms with Crippen molar-refractivity contribution in [2.24, 2.45) is 0 Å². The highest BCUT2D eigenvalue weighted by Crippen LogP contribution is 2.09. The van der Waals surface area contributed by atoms with E-state index in [2.05, 4.69) is 20.6 Å². The fourth-order valence-corrected chi connectivity index (χ4v) is 1.59. The number of carbonyl (C=O) groups is 2. The highest BCUT2D eigenvalue weighted by molar-refractivity contribution is 5.91. The first kappa shape index (κ1) is 14.4. The van der Waals surface area contributed by atoms with E-state index in [0.717, 1.165) is 0 Å². The van der Waals surface area contributed by atoms with E-state index in [4.69, 9.17) is 5.11 Å². The molecule has 2 aromatic heterocycles. The molecule has 2 rings (SSSR count). The van der Waals surface area contributed by atoms with Gasteiger partial charge in [-0.15, -0.1) is 5.10 Å². The van der Waals surface area contributed by atoms with E-state index < -0.39 is 5.97 Å². The molecule has 0 fully saturated rings. The number of carboxylic acid groups (broad SMARTS) is 1. The fraction of sp³-hybridized carbons (Fsp3) is 0.250. The molecule has 2 N–H and O–H groups in total. The average molecular weight is 290 g/mol. The molecule has 2 amide bonds. The molecule has 21 heavy (non-hydrogen) atoms. The Morgan fingerprint density at radius 3 is 2.95 bits per heavy atom. The van der Waals surface area contributed by atoms with Crippen molar-refractivity contribution in [1.82, 2.24) is 25.3 Å². The molecular formula is C12H14N6O3. The minimum atomic E-state index is -1.01. The minimum absolute atomic E-state index is 0.156. The number of urea groups is 1. The third kappa shape index (κ3) is 4.00. The van der Waals surface area contributed by atoms with Crippen LogP contribution in [0, 0.1) is 0 Å². The number of nitrogens with one attached hydrogen (secondary N) is 1. The van der Waals surface area contributed by atoms with Gasteiger partial charge in [0.25, 0.3) is 0 Å². The van der Waals surface area contributed by atoms with E-state index in [0.29, 0.717) is 11.4 Å². The van der Waals surface area contributed by atoms with Crippen LogP contribution in [0.25, 0.3) is 0 Å². The lowest BCUT2D eigenvalue weighted by atomic mass is 10.4. The number of aliphatic carboxylic acids is 1. The Morgan fingerprint density at radius 2 is 2.29 bits per heavy atom. The predicted octanol–water partition coefficient (Wildman–Crippen LogP) is 0.104. The van der Waals surface area contributed by atoms with E-state index in [1.54, 1.807) is 31.6 Å². The van der Waals surface area contributed by atoms with Crippen LogP contribution < -0.4 is 10.2 Å². The Hall–Kier alpha value is -2.97. The molecule has 110 valence electrons. The molecule has 0 saturated carbocycles.